The predicted molar refractivity (Wildman–Crippen MR) is 129 cm³/mol. The first-order valence-corrected chi connectivity index (χ1v) is 10.6. The number of halogens is 1. The Kier molecular flexibility index (Phi) is 6.79. The summed E-state index contributed by atoms with van der Waals surface area (Å²) in [5, 5.41) is 4.47. The highest BCUT2D eigenvalue weighted by atomic mass is 35.5. The van der Waals surface area contributed by atoms with Crippen LogP contribution in [0.4, 0.5) is 11.4 Å². The van der Waals surface area contributed by atoms with E-state index in [-0.39, 0.29) is 18.1 Å². The van der Waals surface area contributed by atoms with Crippen molar-refractivity contribution in [1.29, 1.82) is 0 Å². The van der Waals surface area contributed by atoms with Gasteiger partial charge in [0.1, 0.15) is 5.57 Å². The van der Waals surface area contributed by atoms with E-state index in [1.165, 1.54) is 18.2 Å². The van der Waals surface area contributed by atoms with Crippen molar-refractivity contribution in [2.24, 2.45) is 0 Å². The second-order valence-corrected chi connectivity index (χ2v) is 7.67. The van der Waals surface area contributed by atoms with E-state index in [0.717, 1.165) is 0 Å². The number of hydrogen-bond acceptors (Lipinski definition) is 5. The Morgan fingerprint density at radius 1 is 1.03 bits per heavy atom. The molecular formula is C25H20ClN3O5. The molecule has 2 N–H and O–H groups in total. The van der Waals surface area contributed by atoms with Gasteiger partial charge in [-0.3, -0.25) is 19.8 Å². The fraction of sp³-hybridized carbons (Fsp3) is 0.0800. The minimum Gasteiger partial charge on any atom is -0.493 e. The molecule has 1 heterocycles. The molecule has 9 heteroatoms. The van der Waals surface area contributed by atoms with E-state index in [1.54, 1.807) is 66.7 Å². The standard InChI is InChI=1S/C25H20ClN3O5/c1-33-22-14-16(13-20-24(31)28-29(25(20)32)19-5-3-2-4-6-19)7-12-21(22)34-15-23(30)27-18-10-8-17(26)9-11-18/h2-14H,15H2,1H3,(H,27,30)(H,28,31)/b20-13-. The number of ether oxygens (including phenoxy) is 2. The van der Waals surface area contributed by atoms with E-state index in [1.807, 2.05) is 6.07 Å². The van der Waals surface area contributed by atoms with E-state index < -0.39 is 11.8 Å². The average Bonchev–Trinajstić information content (AvgIpc) is 3.13. The molecule has 0 spiro atoms. The van der Waals surface area contributed by atoms with Gasteiger partial charge in [-0.25, -0.2) is 5.01 Å². The molecule has 1 aliphatic rings. The summed E-state index contributed by atoms with van der Waals surface area (Å²) in [6.45, 7) is -0.244. The van der Waals surface area contributed by atoms with E-state index in [4.69, 9.17) is 21.1 Å². The lowest BCUT2D eigenvalue weighted by Crippen LogP contribution is -2.35. The van der Waals surface area contributed by atoms with Gasteiger partial charge in [-0.1, -0.05) is 35.9 Å². The molecule has 3 aromatic rings. The zero-order valence-corrected chi connectivity index (χ0v) is 18.8. The third-order valence-electron chi connectivity index (χ3n) is 4.89. The van der Waals surface area contributed by atoms with Crippen molar-refractivity contribution in [2.75, 3.05) is 24.0 Å². The van der Waals surface area contributed by atoms with Crippen LogP contribution in [0, 0.1) is 0 Å². The molecule has 0 unspecified atom stereocenters. The van der Waals surface area contributed by atoms with Crippen LogP contribution in [0.5, 0.6) is 11.5 Å². The lowest BCUT2D eigenvalue weighted by molar-refractivity contribution is -0.118. The number of carbonyl (C=O) groups is 3. The van der Waals surface area contributed by atoms with Gasteiger partial charge in [-0.2, -0.15) is 0 Å². The third kappa shape index (κ3) is 5.19. The number of methoxy groups -OCH3 is 1. The van der Waals surface area contributed by atoms with Crippen molar-refractivity contribution >= 4 is 46.8 Å². The summed E-state index contributed by atoms with van der Waals surface area (Å²) in [6, 6.07) is 20.4. The van der Waals surface area contributed by atoms with Gasteiger partial charge >= 0.3 is 0 Å². The van der Waals surface area contributed by atoms with E-state index in [9.17, 15) is 14.4 Å². The van der Waals surface area contributed by atoms with Crippen LogP contribution in [0.1, 0.15) is 5.56 Å². The van der Waals surface area contributed by atoms with Crippen LogP contribution in [0.3, 0.4) is 0 Å². The molecule has 0 radical (unpaired) electrons. The SMILES string of the molecule is COc1cc(/C=C2/C(=O)NN(c3ccccc3)C2=O)ccc1OCC(=O)Nc1ccc(Cl)cc1. The molecule has 3 aromatic carbocycles. The van der Waals surface area contributed by atoms with Gasteiger partial charge < -0.3 is 14.8 Å². The van der Waals surface area contributed by atoms with Crippen LogP contribution in [-0.2, 0) is 14.4 Å². The number of para-hydroxylation sites is 1. The zero-order chi connectivity index (χ0) is 24.1. The lowest BCUT2D eigenvalue weighted by atomic mass is 10.1. The van der Waals surface area contributed by atoms with Gasteiger partial charge in [0.05, 0.1) is 12.8 Å². The molecular weight excluding hydrogens is 458 g/mol. The van der Waals surface area contributed by atoms with Gasteiger partial charge in [-0.15, -0.1) is 0 Å². The number of carbonyl (C=O) groups excluding carboxylic acids is 3. The first-order valence-electron chi connectivity index (χ1n) is 10.2. The maximum atomic E-state index is 12.8. The molecule has 4 rings (SSSR count). The quantitative estimate of drug-likeness (QED) is 0.398. The molecule has 172 valence electrons. The molecule has 1 saturated heterocycles. The van der Waals surface area contributed by atoms with Gasteiger partial charge in [0.2, 0.25) is 0 Å². The minimum atomic E-state index is -0.507. The molecule has 0 atom stereocenters. The van der Waals surface area contributed by atoms with Crippen molar-refractivity contribution in [2.45, 2.75) is 0 Å². The number of amides is 3. The summed E-state index contributed by atoms with van der Waals surface area (Å²) < 4.78 is 11.0. The molecule has 0 bridgehead atoms. The monoisotopic (exact) mass is 477 g/mol. The van der Waals surface area contributed by atoms with Crippen molar-refractivity contribution in [3.05, 3.63) is 89.0 Å². The highest BCUT2D eigenvalue weighted by Gasteiger charge is 2.34. The molecule has 3 amide bonds. The van der Waals surface area contributed by atoms with E-state index >= 15 is 0 Å². The molecule has 0 aromatic heterocycles. The largest absolute Gasteiger partial charge is 0.493 e. The maximum Gasteiger partial charge on any atom is 0.282 e. The number of nitrogens with one attached hydrogen (secondary N) is 2. The number of hydrazine groups is 1. The molecule has 1 aliphatic heterocycles. The third-order valence-corrected chi connectivity index (χ3v) is 5.14. The van der Waals surface area contributed by atoms with Gasteiger partial charge in [0, 0.05) is 10.7 Å². The van der Waals surface area contributed by atoms with Crippen LogP contribution in [0.2, 0.25) is 5.02 Å². The number of benzene rings is 3. The van der Waals surface area contributed by atoms with E-state index in [2.05, 4.69) is 10.7 Å². The average molecular weight is 478 g/mol. The summed E-state index contributed by atoms with van der Waals surface area (Å²) in [5.74, 6) is -0.644. The number of rotatable bonds is 7. The van der Waals surface area contributed by atoms with Crippen LogP contribution < -0.4 is 25.2 Å². The normalized spacial score (nSPS) is 14.2. The smallest absolute Gasteiger partial charge is 0.282 e. The summed E-state index contributed by atoms with van der Waals surface area (Å²) in [4.78, 5) is 37.3. The Labute approximate surface area is 200 Å². The molecule has 0 aliphatic carbocycles. The van der Waals surface area contributed by atoms with Crippen LogP contribution in [0.15, 0.2) is 78.4 Å². The minimum absolute atomic E-state index is 0.0121. The maximum absolute atomic E-state index is 12.8. The number of nitrogens with zero attached hydrogens (tertiary/aromatic N) is 1. The fourth-order valence-corrected chi connectivity index (χ4v) is 3.38. The summed E-state index contributed by atoms with van der Waals surface area (Å²) in [5.41, 5.74) is 4.25. The number of anilines is 2. The Morgan fingerprint density at radius 2 is 1.76 bits per heavy atom. The Morgan fingerprint density at radius 3 is 2.47 bits per heavy atom. The topological polar surface area (TPSA) is 97.0 Å². The number of hydrogen-bond donors (Lipinski definition) is 2. The second-order valence-electron chi connectivity index (χ2n) is 7.23. The van der Waals surface area contributed by atoms with E-state index in [0.29, 0.717) is 33.5 Å². The summed E-state index contributed by atoms with van der Waals surface area (Å²) >= 11 is 5.84. The highest BCUT2D eigenvalue weighted by molar-refractivity contribution is 6.31. The summed E-state index contributed by atoms with van der Waals surface area (Å²) in [6.07, 6.45) is 1.47. The van der Waals surface area contributed by atoms with Gasteiger partial charge in [0.15, 0.2) is 18.1 Å². The molecule has 0 saturated carbocycles. The van der Waals surface area contributed by atoms with Crippen molar-refractivity contribution < 1.29 is 23.9 Å². The van der Waals surface area contributed by atoms with Crippen molar-refractivity contribution in [1.82, 2.24) is 5.43 Å². The zero-order valence-electron chi connectivity index (χ0n) is 18.1. The lowest BCUT2D eigenvalue weighted by Gasteiger charge is -2.14. The second kappa shape index (κ2) is 10.1. The predicted octanol–water partition coefficient (Wildman–Crippen LogP) is 3.83. The Bertz CT molecular complexity index is 1260. The van der Waals surface area contributed by atoms with Crippen LogP contribution in [0.25, 0.3) is 6.08 Å². The molecule has 8 nitrogen and oxygen atoms in total. The van der Waals surface area contributed by atoms with Gasteiger partial charge in [-0.05, 0) is 60.2 Å². The van der Waals surface area contributed by atoms with Crippen molar-refractivity contribution in [3.8, 4) is 11.5 Å². The van der Waals surface area contributed by atoms with Gasteiger partial charge in [0.25, 0.3) is 17.7 Å². The van der Waals surface area contributed by atoms with Crippen LogP contribution in [-0.4, -0.2) is 31.4 Å². The Balaban J connectivity index is 1.45. The summed E-state index contributed by atoms with van der Waals surface area (Å²) in [7, 11) is 1.46. The molecule has 1 fully saturated rings. The fourth-order valence-electron chi connectivity index (χ4n) is 3.25. The first-order chi connectivity index (χ1) is 16.4. The highest BCUT2D eigenvalue weighted by Crippen LogP contribution is 2.30. The first kappa shape index (κ1) is 22.9. The molecule has 34 heavy (non-hydrogen) atoms. The van der Waals surface area contributed by atoms with Crippen molar-refractivity contribution in [3.63, 3.8) is 0 Å². The Hall–Kier alpha value is -4.30. The van der Waals surface area contributed by atoms with Crippen LogP contribution >= 0.6 is 11.6 Å².